The normalized spacial score (nSPS) is 15.1. The highest BCUT2D eigenvalue weighted by atomic mass is 16.2. The van der Waals surface area contributed by atoms with E-state index in [9.17, 15) is 9.59 Å². The molecule has 6 nitrogen and oxygen atoms in total. The molecule has 1 aliphatic rings. The monoisotopic (exact) mass is 282 g/mol. The van der Waals surface area contributed by atoms with Gasteiger partial charge in [-0.05, 0) is 25.0 Å². The van der Waals surface area contributed by atoms with Gasteiger partial charge in [-0.2, -0.15) is 5.10 Å². The lowest BCUT2D eigenvalue weighted by Gasteiger charge is -2.13. The number of nitrogens with one attached hydrogen (secondary N) is 1. The van der Waals surface area contributed by atoms with Gasteiger partial charge >= 0.3 is 0 Å². The number of para-hydroxylation sites is 1. The molecule has 1 aliphatic heterocycles. The summed E-state index contributed by atoms with van der Waals surface area (Å²) in [6.07, 6.45) is 3.60. The minimum Gasteiger partial charge on any atom is -0.338 e. The summed E-state index contributed by atoms with van der Waals surface area (Å²) < 4.78 is 1.63. The lowest BCUT2D eigenvalue weighted by molar-refractivity contribution is 0.0794. The molecular weight excluding hydrogens is 268 g/mol. The van der Waals surface area contributed by atoms with Gasteiger partial charge in [-0.25, -0.2) is 4.52 Å². The van der Waals surface area contributed by atoms with Crippen LogP contribution < -0.4 is 5.56 Å². The van der Waals surface area contributed by atoms with Gasteiger partial charge in [0.05, 0.1) is 17.1 Å². The summed E-state index contributed by atoms with van der Waals surface area (Å²) in [4.78, 5) is 29.3. The molecule has 1 saturated heterocycles. The van der Waals surface area contributed by atoms with Crippen LogP contribution in [0.25, 0.3) is 16.6 Å². The minimum atomic E-state index is -0.200. The van der Waals surface area contributed by atoms with Gasteiger partial charge in [0, 0.05) is 13.1 Å². The van der Waals surface area contributed by atoms with E-state index in [2.05, 4.69) is 10.1 Å². The molecule has 0 saturated carbocycles. The first-order chi connectivity index (χ1) is 10.3. The van der Waals surface area contributed by atoms with Crippen molar-refractivity contribution in [1.29, 1.82) is 0 Å². The molecule has 2 aromatic heterocycles. The highest BCUT2D eigenvalue weighted by molar-refractivity contribution is 6.00. The van der Waals surface area contributed by atoms with E-state index in [-0.39, 0.29) is 11.5 Å². The largest absolute Gasteiger partial charge is 0.338 e. The highest BCUT2D eigenvalue weighted by Crippen LogP contribution is 2.18. The molecule has 1 N–H and O–H groups in total. The summed E-state index contributed by atoms with van der Waals surface area (Å²) in [5.41, 5.74) is 1.43. The molecule has 0 aliphatic carbocycles. The average molecular weight is 282 g/mol. The average Bonchev–Trinajstić information content (AvgIpc) is 3.16. The first kappa shape index (κ1) is 12.1. The van der Waals surface area contributed by atoms with Crippen LogP contribution in [-0.2, 0) is 0 Å². The Labute approximate surface area is 120 Å². The van der Waals surface area contributed by atoms with Crippen molar-refractivity contribution in [1.82, 2.24) is 19.5 Å². The van der Waals surface area contributed by atoms with E-state index < -0.39 is 0 Å². The zero-order valence-corrected chi connectivity index (χ0v) is 11.4. The minimum absolute atomic E-state index is 0.0616. The molecule has 1 amide bonds. The van der Waals surface area contributed by atoms with Crippen LogP contribution in [-0.4, -0.2) is 38.5 Å². The van der Waals surface area contributed by atoms with Crippen LogP contribution in [0, 0.1) is 0 Å². The fraction of sp³-hybridized carbons (Fsp3) is 0.267. The van der Waals surface area contributed by atoms with Crippen molar-refractivity contribution in [3.63, 3.8) is 0 Å². The number of amides is 1. The number of aromatic nitrogens is 3. The van der Waals surface area contributed by atoms with E-state index >= 15 is 0 Å². The third-order valence-corrected chi connectivity index (χ3v) is 4.00. The summed E-state index contributed by atoms with van der Waals surface area (Å²) >= 11 is 0. The van der Waals surface area contributed by atoms with Gasteiger partial charge in [0.15, 0.2) is 0 Å². The van der Waals surface area contributed by atoms with E-state index in [1.165, 1.54) is 0 Å². The molecule has 1 aromatic carbocycles. The van der Waals surface area contributed by atoms with E-state index in [4.69, 9.17) is 0 Å². The first-order valence-corrected chi connectivity index (χ1v) is 7.04. The Morgan fingerprint density at radius 3 is 2.76 bits per heavy atom. The number of carbonyl (C=O) groups excluding carboxylic acids is 1. The summed E-state index contributed by atoms with van der Waals surface area (Å²) in [6.45, 7) is 1.54. The molecular formula is C15H14N4O2. The van der Waals surface area contributed by atoms with Gasteiger partial charge in [-0.3, -0.25) is 9.59 Å². The van der Waals surface area contributed by atoms with Crippen LogP contribution in [0.4, 0.5) is 0 Å². The predicted molar refractivity (Wildman–Crippen MR) is 78.5 cm³/mol. The van der Waals surface area contributed by atoms with E-state index in [0.717, 1.165) is 25.9 Å². The number of fused-ring (bicyclic) bond motifs is 3. The number of nitrogens with zero attached hydrogens (tertiary/aromatic N) is 3. The smallest absolute Gasteiger partial charge is 0.259 e. The lowest BCUT2D eigenvalue weighted by atomic mass is 10.2. The summed E-state index contributed by atoms with van der Waals surface area (Å²) in [5.74, 6) is -0.0616. The van der Waals surface area contributed by atoms with E-state index in [1.807, 2.05) is 23.1 Å². The Kier molecular flexibility index (Phi) is 2.57. The zero-order chi connectivity index (χ0) is 14.4. The Hall–Kier alpha value is -2.63. The van der Waals surface area contributed by atoms with Crippen LogP contribution in [0.3, 0.4) is 0 Å². The fourth-order valence-corrected chi connectivity index (χ4v) is 2.92. The molecule has 0 bridgehead atoms. The standard InChI is InChI=1S/C15H14N4O2/c20-14-10-5-1-2-6-12(10)19-13(17-14)11(9-16-19)15(21)18-7-3-4-8-18/h1-2,5-6,9H,3-4,7-8H2,(H,17,20). The van der Waals surface area contributed by atoms with Gasteiger partial charge in [0.25, 0.3) is 11.5 Å². The maximum atomic E-state index is 12.5. The van der Waals surface area contributed by atoms with Crippen molar-refractivity contribution in [2.45, 2.75) is 12.8 Å². The number of likely N-dealkylation sites (tertiary alicyclic amines) is 1. The second-order valence-corrected chi connectivity index (χ2v) is 5.29. The SMILES string of the molecule is O=C(c1cnn2c1[nH]c(=O)c1ccccc12)N1CCCC1. The Morgan fingerprint density at radius 1 is 1.19 bits per heavy atom. The van der Waals surface area contributed by atoms with Crippen LogP contribution in [0.2, 0.25) is 0 Å². The van der Waals surface area contributed by atoms with E-state index in [1.54, 1.807) is 16.8 Å². The van der Waals surface area contributed by atoms with Gasteiger partial charge in [0.1, 0.15) is 11.2 Å². The van der Waals surface area contributed by atoms with Crippen LogP contribution in [0.5, 0.6) is 0 Å². The fourth-order valence-electron chi connectivity index (χ4n) is 2.92. The molecule has 4 rings (SSSR count). The molecule has 0 unspecified atom stereocenters. The highest BCUT2D eigenvalue weighted by Gasteiger charge is 2.23. The zero-order valence-electron chi connectivity index (χ0n) is 11.4. The van der Waals surface area contributed by atoms with E-state index in [0.29, 0.717) is 22.1 Å². The summed E-state index contributed by atoms with van der Waals surface area (Å²) in [7, 11) is 0. The van der Waals surface area contributed by atoms with Crippen molar-refractivity contribution in [2.24, 2.45) is 0 Å². The summed E-state index contributed by atoms with van der Waals surface area (Å²) in [5, 5.41) is 4.84. The van der Waals surface area contributed by atoms with Gasteiger partial charge in [-0.15, -0.1) is 0 Å². The molecule has 6 heteroatoms. The molecule has 3 heterocycles. The van der Waals surface area contributed by atoms with Gasteiger partial charge < -0.3 is 9.88 Å². The van der Waals surface area contributed by atoms with Crippen LogP contribution >= 0.6 is 0 Å². The number of hydrogen-bond acceptors (Lipinski definition) is 3. The number of benzene rings is 1. The number of carbonyl (C=O) groups is 1. The van der Waals surface area contributed by atoms with Crippen LogP contribution in [0.1, 0.15) is 23.2 Å². The van der Waals surface area contributed by atoms with Gasteiger partial charge in [0.2, 0.25) is 0 Å². The number of rotatable bonds is 1. The number of aromatic amines is 1. The molecule has 0 radical (unpaired) electrons. The van der Waals surface area contributed by atoms with Crippen molar-refractivity contribution in [2.75, 3.05) is 13.1 Å². The Bertz CT molecular complexity index is 903. The van der Waals surface area contributed by atoms with Crippen molar-refractivity contribution >= 4 is 22.5 Å². The Morgan fingerprint density at radius 2 is 1.95 bits per heavy atom. The Balaban J connectivity index is 1.96. The van der Waals surface area contributed by atoms with Gasteiger partial charge in [-0.1, -0.05) is 12.1 Å². The maximum absolute atomic E-state index is 12.5. The second kappa shape index (κ2) is 4.44. The van der Waals surface area contributed by atoms with Crippen molar-refractivity contribution < 1.29 is 4.79 Å². The number of H-pyrrole nitrogens is 1. The topological polar surface area (TPSA) is 70.5 Å². The predicted octanol–water partition coefficient (Wildman–Crippen LogP) is 1.41. The molecule has 0 atom stereocenters. The quantitative estimate of drug-likeness (QED) is 0.733. The molecule has 1 fully saturated rings. The van der Waals surface area contributed by atoms with Crippen molar-refractivity contribution in [3.05, 3.63) is 46.4 Å². The van der Waals surface area contributed by atoms with Crippen LogP contribution in [0.15, 0.2) is 35.3 Å². The third-order valence-electron chi connectivity index (χ3n) is 4.00. The molecule has 0 spiro atoms. The second-order valence-electron chi connectivity index (χ2n) is 5.29. The lowest BCUT2D eigenvalue weighted by Crippen LogP contribution is -2.27. The number of hydrogen-bond donors (Lipinski definition) is 1. The molecule has 21 heavy (non-hydrogen) atoms. The maximum Gasteiger partial charge on any atom is 0.259 e. The first-order valence-electron chi connectivity index (χ1n) is 7.04. The van der Waals surface area contributed by atoms with Crippen molar-refractivity contribution in [3.8, 4) is 0 Å². The molecule has 3 aromatic rings. The third kappa shape index (κ3) is 1.75. The molecule has 106 valence electrons. The summed E-state index contributed by atoms with van der Waals surface area (Å²) in [6, 6.07) is 7.24.